The molecule has 0 amide bonds. The maximum Gasteiger partial charge on any atom is 0.227 e. The SMILES string of the molecule is COc1ccc2nc(N3CCCC(OC)C3)nc(NC3CCN(C)CC3)c2c1. The molecule has 2 fully saturated rings. The molecule has 2 saturated heterocycles. The van der Waals surface area contributed by atoms with Crippen LogP contribution in [0.15, 0.2) is 18.2 Å². The van der Waals surface area contributed by atoms with Gasteiger partial charge < -0.3 is 24.6 Å². The topological polar surface area (TPSA) is 62.8 Å². The van der Waals surface area contributed by atoms with Crippen LogP contribution in [-0.2, 0) is 4.74 Å². The van der Waals surface area contributed by atoms with E-state index in [9.17, 15) is 0 Å². The highest BCUT2D eigenvalue weighted by molar-refractivity contribution is 5.91. The summed E-state index contributed by atoms with van der Waals surface area (Å²) in [6, 6.07) is 6.45. The van der Waals surface area contributed by atoms with Crippen molar-refractivity contribution in [3.05, 3.63) is 18.2 Å². The minimum atomic E-state index is 0.245. The van der Waals surface area contributed by atoms with Gasteiger partial charge in [0.1, 0.15) is 11.6 Å². The van der Waals surface area contributed by atoms with E-state index in [1.54, 1.807) is 14.2 Å². The molecule has 2 aliphatic heterocycles. The van der Waals surface area contributed by atoms with E-state index in [1.165, 1.54) is 0 Å². The average Bonchev–Trinajstić information content (AvgIpc) is 2.75. The summed E-state index contributed by atoms with van der Waals surface area (Å²) in [6.45, 7) is 4.03. The van der Waals surface area contributed by atoms with Crippen LogP contribution in [0.3, 0.4) is 0 Å². The Labute approximate surface area is 167 Å². The standard InChI is InChI=1S/C21H31N5O2/c1-25-11-8-15(9-12-25)22-20-18-13-16(27-2)6-7-19(18)23-21(24-20)26-10-4-5-17(14-26)28-3/h6-7,13,15,17H,4-5,8-12,14H2,1-3H3,(H,22,23,24). The summed E-state index contributed by atoms with van der Waals surface area (Å²) < 4.78 is 11.0. The molecule has 0 radical (unpaired) electrons. The number of anilines is 2. The Morgan fingerprint density at radius 2 is 1.89 bits per heavy atom. The van der Waals surface area contributed by atoms with E-state index in [1.807, 2.05) is 18.2 Å². The minimum absolute atomic E-state index is 0.245. The summed E-state index contributed by atoms with van der Waals surface area (Å²) in [5, 5.41) is 4.73. The average molecular weight is 386 g/mol. The summed E-state index contributed by atoms with van der Waals surface area (Å²) in [4.78, 5) is 14.5. The number of nitrogens with one attached hydrogen (secondary N) is 1. The lowest BCUT2D eigenvalue weighted by atomic mass is 10.1. The fourth-order valence-electron chi connectivity index (χ4n) is 4.13. The Kier molecular flexibility index (Phi) is 5.82. The second kappa shape index (κ2) is 8.49. The van der Waals surface area contributed by atoms with Crippen molar-refractivity contribution < 1.29 is 9.47 Å². The first-order valence-corrected chi connectivity index (χ1v) is 10.2. The van der Waals surface area contributed by atoms with Gasteiger partial charge in [0.05, 0.1) is 18.7 Å². The number of hydrogen-bond donors (Lipinski definition) is 1. The van der Waals surface area contributed by atoms with Crippen LogP contribution in [0.2, 0.25) is 0 Å². The Hall–Kier alpha value is -2.12. The van der Waals surface area contributed by atoms with Gasteiger partial charge in [-0.05, 0) is 64.0 Å². The molecule has 7 nitrogen and oxygen atoms in total. The smallest absolute Gasteiger partial charge is 0.227 e. The van der Waals surface area contributed by atoms with Crippen LogP contribution in [0.1, 0.15) is 25.7 Å². The Bertz CT molecular complexity index is 807. The fraction of sp³-hybridized carbons (Fsp3) is 0.619. The van der Waals surface area contributed by atoms with Crippen molar-refractivity contribution in [1.29, 1.82) is 0 Å². The molecule has 3 heterocycles. The molecule has 1 N–H and O–H groups in total. The molecule has 0 bridgehead atoms. The Balaban J connectivity index is 1.67. The third-order valence-electron chi connectivity index (χ3n) is 5.94. The second-order valence-electron chi connectivity index (χ2n) is 7.92. The van der Waals surface area contributed by atoms with Crippen molar-refractivity contribution in [1.82, 2.24) is 14.9 Å². The monoisotopic (exact) mass is 385 g/mol. The lowest BCUT2D eigenvalue weighted by molar-refractivity contribution is 0.0889. The van der Waals surface area contributed by atoms with E-state index in [-0.39, 0.29) is 6.10 Å². The predicted octanol–water partition coefficient (Wildman–Crippen LogP) is 2.76. The number of piperidine rings is 2. The zero-order valence-electron chi connectivity index (χ0n) is 17.1. The lowest BCUT2D eigenvalue weighted by Gasteiger charge is -2.33. The normalized spacial score (nSPS) is 21.8. The second-order valence-corrected chi connectivity index (χ2v) is 7.92. The van der Waals surface area contributed by atoms with E-state index in [2.05, 4.69) is 22.2 Å². The van der Waals surface area contributed by atoms with E-state index in [0.29, 0.717) is 6.04 Å². The highest BCUT2D eigenvalue weighted by atomic mass is 16.5. The summed E-state index contributed by atoms with van der Waals surface area (Å²) in [5.41, 5.74) is 0.945. The summed E-state index contributed by atoms with van der Waals surface area (Å²) in [6.07, 6.45) is 4.68. The summed E-state index contributed by atoms with van der Waals surface area (Å²) in [7, 11) is 5.66. The van der Waals surface area contributed by atoms with Crippen molar-refractivity contribution in [2.75, 3.05) is 57.7 Å². The quantitative estimate of drug-likeness (QED) is 0.849. The zero-order chi connectivity index (χ0) is 19.5. The van der Waals surface area contributed by atoms with Gasteiger partial charge in [0.25, 0.3) is 0 Å². The van der Waals surface area contributed by atoms with Gasteiger partial charge in [-0.25, -0.2) is 4.98 Å². The van der Waals surface area contributed by atoms with E-state index in [0.717, 1.165) is 80.3 Å². The molecule has 0 spiro atoms. The molecule has 0 aliphatic carbocycles. The van der Waals surface area contributed by atoms with Crippen molar-refractivity contribution in [3.63, 3.8) is 0 Å². The van der Waals surface area contributed by atoms with Gasteiger partial charge in [-0.3, -0.25) is 0 Å². The third kappa shape index (κ3) is 4.15. The predicted molar refractivity (Wildman–Crippen MR) is 112 cm³/mol. The van der Waals surface area contributed by atoms with Crippen molar-refractivity contribution >= 4 is 22.7 Å². The van der Waals surface area contributed by atoms with Gasteiger partial charge in [-0.1, -0.05) is 0 Å². The lowest BCUT2D eigenvalue weighted by Crippen LogP contribution is -2.40. The molecule has 1 atom stereocenters. The van der Waals surface area contributed by atoms with Crippen LogP contribution in [0.25, 0.3) is 10.9 Å². The molecule has 0 saturated carbocycles. The van der Waals surface area contributed by atoms with Crippen molar-refractivity contribution in [2.24, 2.45) is 0 Å². The number of likely N-dealkylation sites (tertiary alicyclic amines) is 1. The van der Waals surface area contributed by atoms with E-state index >= 15 is 0 Å². The maximum atomic E-state index is 5.59. The number of fused-ring (bicyclic) bond motifs is 1. The van der Waals surface area contributed by atoms with Crippen molar-refractivity contribution in [2.45, 2.75) is 37.8 Å². The van der Waals surface area contributed by atoms with Crippen LogP contribution < -0.4 is 15.0 Å². The molecule has 1 aromatic carbocycles. The van der Waals surface area contributed by atoms with Crippen molar-refractivity contribution in [3.8, 4) is 5.75 Å². The summed E-state index contributed by atoms with van der Waals surface area (Å²) in [5.74, 6) is 2.52. The zero-order valence-corrected chi connectivity index (χ0v) is 17.1. The van der Waals surface area contributed by atoms with Crippen LogP contribution in [0, 0.1) is 0 Å². The first-order valence-electron chi connectivity index (χ1n) is 10.2. The van der Waals surface area contributed by atoms with Gasteiger partial charge in [-0.15, -0.1) is 0 Å². The first kappa shape index (κ1) is 19.2. The number of aromatic nitrogens is 2. The largest absolute Gasteiger partial charge is 0.497 e. The first-order chi connectivity index (χ1) is 13.7. The number of rotatable bonds is 5. The van der Waals surface area contributed by atoms with Crippen LogP contribution in [0.4, 0.5) is 11.8 Å². The molecule has 1 unspecified atom stereocenters. The number of hydrogen-bond acceptors (Lipinski definition) is 7. The summed E-state index contributed by atoms with van der Waals surface area (Å²) >= 11 is 0. The molecule has 7 heteroatoms. The van der Waals surface area contributed by atoms with Crippen LogP contribution in [0.5, 0.6) is 5.75 Å². The highest BCUT2D eigenvalue weighted by Gasteiger charge is 2.24. The number of benzene rings is 1. The molecule has 2 aromatic rings. The third-order valence-corrected chi connectivity index (χ3v) is 5.94. The Morgan fingerprint density at radius 1 is 1.07 bits per heavy atom. The van der Waals surface area contributed by atoms with Gasteiger partial charge in [0.15, 0.2) is 0 Å². The maximum absolute atomic E-state index is 5.59. The minimum Gasteiger partial charge on any atom is -0.497 e. The van der Waals surface area contributed by atoms with Gasteiger partial charge >= 0.3 is 0 Å². The molecular weight excluding hydrogens is 354 g/mol. The van der Waals surface area contributed by atoms with E-state index in [4.69, 9.17) is 19.4 Å². The number of nitrogens with zero attached hydrogens (tertiary/aromatic N) is 4. The van der Waals surface area contributed by atoms with Gasteiger partial charge in [-0.2, -0.15) is 4.98 Å². The van der Waals surface area contributed by atoms with Gasteiger partial charge in [0, 0.05) is 31.6 Å². The molecule has 28 heavy (non-hydrogen) atoms. The van der Waals surface area contributed by atoms with E-state index < -0.39 is 0 Å². The molecule has 4 rings (SSSR count). The fourth-order valence-corrected chi connectivity index (χ4v) is 4.13. The van der Waals surface area contributed by atoms with Crippen LogP contribution >= 0.6 is 0 Å². The molecule has 1 aromatic heterocycles. The Morgan fingerprint density at radius 3 is 2.64 bits per heavy atom. The molecular formula is C21H31N5O2. The molecule has 2 aliphatic rings. The molecule has 152 valence electrons. The number of methoxy groups -OCH3 is 2. The van der Waals surface area contributed by atoms with Crippen LogP contribution in [-0.4, -0.2) is 74.5 Å². The number of ether oxygens (including phenoxy) is 2. The highest BCUT2D eigenvalue weighted by Crippen LogP contribution is 2.30. The van der Waals surface area contributed by atoms with Gasteiger partial charge in [0.2, 0.25) is 5.95 Å².